The zero-order chi connectivity index (χ0) is 20.3. The number of thiophene rings is 1. The first-order valence-electron chi connectivity index (χ1n) is 7.58. The number of hydrogen-bond acceptors (Lipinski definition) is 9. The molecule has 0 aliphatic rings. The van der Waals surface area contributed by atoms with Crippen LogP contribution in [-0.2, 0) is 16.0 Å². The Morgan fingerprint density at radius 3 is 2.44 bits per heavy atom. The summed E-state index contributed by atoms with van der Waals surface area (Å²) in [7, 11) is 2.33. The van der Waals surface area contributed by atoms with Crippen molar-refractivity contribution >= 4 is 39.9 Å². The van der Waals surface area contributed by atoms with Gasteiger partial charge in [0.25, 0.3) is 5.91 Å². The predicted octanol–water partition coefficient (Wildman–Crippen LogP) is 2.01. The largest absolute Gasteiger partial charge is 0.465 e. The normalized spacial score (nSPS) is 10.4. The van der Waals surface area contributed by atoms with E-state index in [2.05, 4.69) is 15.2 Å². The molecule has 1 amide bonds. The number of nitrogens with one attached hydrogen (secondary N) is 1. The lowest BCUT2D eigenvalue weighted by atomic mass is 10.1. The molecule has 0 atom stereocenters. The van der Waals surface area contributed by atoms with Crippen molar-refractivity contribution in [2.75, 3.05) is 19.5 Å². The summed E-state index contributed by atoms with van der Waals surface area (Å²) in [4.78, 5) is 47.2. The van der Waals surface area contributed by atoms with E-state index in [9.17, 15) is 24.5 Å². The molecule has 0 aliphatic heterocycles. The van der Waals surface area contributed by atoms with Crippen LogP contribution in [0, 0.1) is 17.0 Å². The number of carbonyl (C=O) groups excluding carboxylic acids is 3. The number of ether oxygens (including phenoxy) is 2. The molecule has 0 radical (unpaired) electrons. The fourth-order valence-corrected chi connectivity index (χ4v) is 3.49. The van der Waals surface area contributed by atoms with Gasteiger partial charge >= 0.3 is 17.6 Å². The molecule has 0 spiro atoms. The molecule has 27 heavy (non-hydrogen) atoms. The van der Waals surface area contributed by atoms with Gasteiger partial charge in [-0.1, -0.05) is 0 Å². The van der Waals surface area contributed by atoms with Crippen molar-refractivity contribution in [3.63, 3.8) is 0 Å². The van der Waals surface area contributed by atoms with Gasteiger partial charge in [0, 0.05) is 6.54 Å². The minimum atomic E-state index is -0.844. The summed E-state index contributed by atoms with van der Waals surface area (Å²) >= 11 is 0.809. The van der Waals surface area contributed by atoms with E-state index in [-0.39, 0.29) is 33.2 Å². The van der Waals surface area contributed by atoms with E-state index in [1.54, 1.807) is 6.92 Å². The van der Waals surface area contributed by atoms with E-state index in [1.165, 1.54) is 14.0 Å². The molecule has 2 heterocycles. The monoisotopic (exact) mass is 396 g/mol. The molecule has 0 fully saturated rings. The Hall–Kier alpha value is -3.28. The Bertz CT molecular complexity index is 931. The Kier molecular flexibility index (Phi) is 5.90. The smallest absolute Gasteiger partial charge is 0.348 e. The molecule has 0 saturated carbocycles. The standard InChI is InChI=1S/C15H16N4O7S/c1-5-18-10(8(6-16-18)19(23)24)12(20)17-13-9(14(21)25-3)7(2)11(27-13)15(22)26-4/h6H,5H2,1-4H3,(H,17,20). The highest BCUT2D eigenvalue weighted by molar-refractivity contribution is 7.18. The number of nitrogens with zero attached hydrogens (tertiary/aromatic N) is 3. The van der Waals surface area contributed by atoms with Crippen molar-refractivity contribution < 1.29 is 28.8 Å². The van der Waals surface area contributed by atoms with Crippen LogP contribution in [0.4, 0.5) is 10.7 Å². The highest BCUT2D eigenvalue weighted by Crippen LogP contribution is 2.35. The number of hydrogen-bond donors (Lipinski definition) is 1. The first-order chi connectivity index (χ1) is 12.8. The Balaban J connectivity index is 2.53. The zero-order valence-corrected chi connectivity index (χ0v) is 15.7. The van der Waals surface area contributed by atoms with Crippen LogP contribution in [0.25, 0.3) is 0 Å². The maximum atomic E-state index is 12.7. The average Bonchev–Trinajstić information content (AvgIpc) is 3.21. The molecule has 0 aromatic carbocycles. The van der Waals surface area contributed by atoms with E-state index in [1.807, 2.05) is 0 Å². The topological polar surface area (TPSA) is 143 Å². The molecule has 0 aliphatic carbocycles. The van der Waals surface area contributed by atoms with Gasteiger partial charge in [-0.25, -0.2) is 9.59 Å². The molecule has 144 valence electrons. The Morgan fingerprint density at radius 1 is 1.30 bits per heavy atom. The number of anilines is 1. The van der Waals surface area contributed by atoms with Gasteiger partial charge in [-0.05, 0) is 19.4 Å². The van der Waals surface area contributed by atoms with Crippen molar-refractivity contribution in [1.82, 2.24) is 9.78 Å². The lowest BCUT2D eigenvalue weighted by Crippen LogP contribution is -2.19. The maximum Gasteiger partial charge on any atom is 0.348 e. The van der Waals surface area contributed by atoms with Crippen molar-refractivity contribution in [2.24, 2.45) is 0 Å². The number of esters is 2. The Morgan fingerprint density at radius 2 is 1.93 bits per heavy atom. The van der Waals surface area contributed by atoms with Crippen LogP contribution >= 0.6 is 11.3 Å². The number of aryl methyl sites for hydroxylation is 1. The van der Waals surface area contributed by atoms with E-state index >= 15 is 0 Å². The number of carbonyl (C=O) groups is 3. The van der Waals surface area contributed by atoms with Crippen LogP contribution in [0.1, 0.15) is 43.0 Å². The second kappa shape index (κ2) is 7.95. The second-order valence-electron chi connectivity index (χ2n) is 5.15. The number of aromatic nitrogens is 2. The summed E-state index contributed by atoms with van der Waals surface area (Å²) in [6.45, 7) is 3.39. The van der Waals surface area contributed by atoms with Gasteiger partial charge < -0.3 is 14.8 Å². The molecule has 2 aromatic heterocycles. The van der Waals surface area contributed by atoms with Crippen LogP contribution in [0.15, 0.2) is 6.20 Å². The van der Waals surface area contributed by atoms with Crippen molar-refractivity contribution in [3.8, 4) is 0 Å². The van der Waals surface area contributed by atoms with Crippen LogP contribution in [0.2, 0.25) is 0 Å². The van der Waals surface area contributed by atoms with Crippen LogP contribution in [0.3, 0.4) is 0 Å². The number of rotatable bonds is 6. The van der Waals surface area contributed by atoms with Gasteiger partial charge in [0.05, 0.1) is 24.7 Å². The van der Waals surface area contributed by atoms with E-state index < -0.39 is 28.5 Å². The van der Waals surface area contributed by atoms with E-state index in [4.69, 9.17) is 4.74 Å². The van der Waals surface area contributed by atoms with Crippen LogP contribution in [0.5, 0.6) is 0 Å². The van der Waals surface area contributed by atoms with Gasteiger partial charge in [-0.3, -0.25) is 19.6 Å². The SMILES string of the molecule is CCn1ncc([N+](=O)[O-])c1C(=O)Nc1sc(C(=O)OC)c(C)c1C(=O)OC. The molecule has 0 unspecified atom stereocenters. The van der Waals surface area contributed by atoms with E-state index in [0.717, 1.165) is 29.3 Å². The van der Waals surface area contributed by atoms with Gasteiger partial charge in [0.15, 0.2) is 0 Å². The molecular weight excluding hydrogens is 380 g/mol. The number of nitro groups is 1. The minimum Gasteiger partial charge on any atom is -0.465 e. The third kappa shape index (κ3) is 3.65. The Labute approximate surface area is 157 Å². The molecule has 1 N–H and O–H groups in total. The van der Waals surface area contributed by atoms with Gasteiger partial charge in [0.2, 0.25) is 5.69 Å². The van der Waals surface area contributed by atoms with Gasteiger partial charge in [-0.15, -0.1) is 11.3 Å². The molecule has 11 nitrogen and oxygen atoms in total. The van der Waals surface area contributed by atoms with Gasteiger partial charge in [0.1, 0.15) is 16.1 Å². The van der Waals surface area contributed by atoms with Crippen LogP contribution < -0.4 is 5.32 Å². The fourth-order valence-electron chi connectivity index (χ4n) is 2.38. The summed E-state index contributed by atoms with van der Waals surface area (Å²) < 4.78 is 10.5. The lowest BCUT2D eigenvalue weighted by molar-refractivity contribution is -0.385. The molecule has 2 rings (SSSR count). The number of amides is 1. The first kappa shape index (κ1) is 20.0. The summed E-state index contributed by atoms with van der Waals surface area (Å²) in [5.74, 6) is -2.30. The highest BCUT2D eigenvalue weighted by atomic mass is 32.1. The zero-order valence-electron chi connectivity index (χ0n) is 14.9. The number of methoxy groups -OCH3 is 2. The molecular formula is C15H16N4O7S. The lowest BCUT2D eigenvalue weighted by Gasteiger charge is -2.07. The molecule has 0 bridgehead atoms. The van der Waals surface area contributed by atoms with Crippen molar-refractivity contribution in [1.29, 1.82) is 0 Å². The summed E-state index contributed by atoms with van der Waals surface area (Å²) in [5.41, 5.74) is -0.506. The van der Waals surface area contributed by atoms with E-state index in [0.29, 0.717) is 0 Å². The molecule has 2 aromatic rings. The average molecular weight is 396 g/mol. The quantitative estimate of drug-likeness (QED) is 0.444. The summed E-state index contributed by atoms with van der Waals surface area (Å²) in [5, 5.41) is 17.4. The molecule has 12 heteroatoms. The van der Waals surface area contributed by atoms with Crippen molar-refractivity contribution in [3.05, 3.63) is 38.0 Å². The highest BCUT2D eigenvalue weighted by Gasteiger charge is 2.31. The first-order valence-corrected chi connectivity index (χ1v) is 8.39. The van der Waals surface area contributed by atoms with Crippen molar-refractivity contribution in [2.45, 2.75) is 20.4 Å². The summed E-state index contributed by atoms with van der Waals surface area (Å²) in [6, 6.07) is 0. The van der Waals surface area contributed by atoms with Gasteiger partial charge in [-0.2, -0.15) is 5.10 Å². The minimum absolute atomic E-state index is 0.0166. The fraction of sp³-hybridized carbons (Fsp3) is 0.333. The predicted molar refractivity (Wildman–Crippen MR) is 94.2 cm³/mol. The third-order valence-electron chi connectivity index (χ3n) is 3.67. The molecule has 0 saturated heterocycles. The van der Waals surface area contributed by atoms with Crippen LogP contribution in [-0.4, -0.2) is 46.8 Å². The maximum absolute atomic E-state index is 12.7. The third-order valence-corrected chi connectivity index (χ3v) is 4.85. The summed E-state index contributed by atoms with van der Waals surface area (Å²) in [6.07, 6.45) is 0.971. The second-order valence-corrected chi connectivity index (χ2v) is 6.17.